The lowest BCUT2D eigenvalue weighted by Crippen LogP contribution is -2.06. The molecule has 0 spiro atoms. The third kappa shape index (κ3) is 15.6. The predicted molar refractivity (Wildman–Crippen MR) is 85.1 cm³/mol. The van der Waals surface area contributed by atoms with Gasteiger partial charge in [0, 0.05) is 13.0 Å². The van der Waals surface area contributed by atoms with Crippen LogP contribution in [0.5, 0.6) is 0 Å². The van der Waals surface area contributed by atoms with Crippen molar-refractivity contribution >= 4 is 5.97 Å². The van der Waals surface area contributed by atoms with Gasteiger partial charge >= 0.3 is 5.97 Å². The van der Waals surface area contributed by atoms with Crippen LogP contribution >= 0.6 is 0 Å². The lowest BCUT2D eigenvalue weighted by molar-refractivity contribution is -0.140. The van der Waals surface area contributed by atoms with Crippen LogP contribution in [-0.4, -0.2) is 36.0 Å². The van der Waals surface area contributed by atoms with E-state index in [9.17, 15) is 9.90 Å². The molecule has 1 unspecified atom stereocenters. The van der Waals surface area contributed by atoms with Gasteiger partial charge in [0.2, 0.25) is 0 Å². The van der Waals surface area contributed by atoms with Gasteiger partial charge in [0.15, 0.2) is 0 Å². The molecule has 0 radical (unpaired) electrons. The molecule has 0 saturated carbocycles. The number of aliphatic hydroxyl groups excluding tert-OH is 2. The summed E-state index contributed by atoms with van der Waals surface area (Å²) in [7, 11) is 1.43. The smallest absolute Gasteiger partial charge is 0.305 e. The summed E-state index contributed by atoms with van der Waals surface area (Å²) >= 11 is 0. The summed E-state index contributed by atoms with van der Waals surface area (Å²) in [5.41, 5.74) is 0. The Morgan fingerprint density at radius 2 is 1.33 bits per heavy atom. The maximum Gasteiger partial charge on any atom is 0.305 e. The molecule has 0 heterocycles. The predicted octanol–water partition coefficient (Wildman–Crippen LogP) is 3.58. The van der Waals surface area contributed by atoms with Gasteiger partial charge in [-0.2, -0.15) is 0 Å². The van der Waals surface area contributed by atoms with Crippen LogP contribution in [0.15, 0.2) is 0 Å². The fourth-order valence-corrected chi connectivity index (χ4v) is 2.45. The lowest BCUT2D eigenvalue weighted by Gasteiger charge is -2.10. The third-order valence-electron chi connectivity index (χ3n) is 3.84. The molecule has 0 rings (SSSR count). The van der Waals surface area contributed by atoms with Crippen LogP contribution in [0.1, 0.15) is 83.5 Å². The zero-order valence-electron chi connectivity index (χ0n) is 13.7. The van der Waals surface area contributed by atoms with Crippen molar-refractivity contribution in [2.75, 3.05) is 13.7 Å². The molecule has 4 heteroatoms. The Bertz CT molecular complexity index is 231. The highest BCUT2D eigenvalue weighted by molar-refractivity contribution is 5.68. The van der Waals surface area contributed by atoms with E-state index in [2.05, 4.69) is 4.74 Å². The van der Waals surface area contributed by atoms with E-state index in [1.165, 1.54) is 7.11 Å². The van der Waals surface area contributed by atoms with E-state index in [-0.39, 0.29) is 12.1 Å². The van der Waals surface area contributed by atoms with Crippen LogP contribution in [0.25, 0.3) is 0 Å². The standard InChI is InChI=1S/C17H34O4/c1-21-17(20)14-10-6-2-4-8-12-16(19)13-9-5-3-7-11-15-18/h16,18-19H,2-15H2,1H3. The molecule has 0 aromatic rings. The summed E-state index contributed by atoms with van der Waals surface area (Å²) in [4.78, 5) is 10.9. The molecule has 0 amide bonds. The minimum atomic E-state index is -0.155. The van der Waals surface area contributed by atoms with Gasteiger partial charge in [-0.25, -0.2) is 0 Å². The molecule has 0 aromatic heterocycles. The molecule has 0 aliphatic carbocycles. The van der Waals surface area contributed by atoms with Gasteiger partial charge in [-0.1, -0.05) is 51.4 Å². The number of aliphatic hydroxyl groups is 2. The van der Waals surface area contributed by atoms with Crippen molar-refractivity contribution in [2.45, 2.75) is 89.6 Å². The number of esters is 1. The van der Waals surface area contributed by atoms with E-state index >= 15 is 0 Å². The van der Waals surface area contributed by atoms with Gasteiger partial charge in [0.05, 0.1) is 13.2 Å². The van der Waals surface area contributed by atoms with E-state index < -0.39 is 0 Å². The highest BCUT2D eigenvalue weighted by atomic mass is 16.5. The Labute approximate surface area is 129 Å². The van der Waals surface area contributed by atoms with Crippen molar-refractivity contribution in [3.05, 3.63) is 0 Å². The maximum atomic E-state index is 10.9. The maximum absolute atomic E-state index is 10.9. The van der Waals surface area contributed by atoms with Crippen molar-refractivity contribution in [3.63, 3.8) is 0 Å². The highest BCUT2D eigenvalue weighted by Gasteiger charge is 2.04. The number of carbonyl (C=O) groups is 1. The summed E-state index contributed by atoms with van der Waals surface area (Å²) in [6, 6.07) is 0. The number of hydrogen-bond donors (Lipinski definition) is 2. The van der Waals surface area contributed by atoms with Crippen LogP contribution < -0.4 is 0 Å². The summed E-state index contributed by atoms with van der Waals surface area (Å²) < 4.78 is 4.59. The first-order valence-corrected chi connectivity index (χ1v) is 8.56. The van der Waals surface area contributed by atoms with E-state index in [4.69, 9.17) is 5.11 Å². The number of ether oxygens (including phenoxy) is 1. The Balaban J connectivity index is 3.19. The molecule has 126 valence electrons. The van der Waals surface area contributed by atoms with Crippen molar-refractivity contribution < 1.29 is 19.7 Å². The summed E-state index contributed by atoms with van der Waals surface area (Å²) in [5, 5.41) is 18.5. The number of unbranched alkanes of at least 4 members (excludes halogenated alkanes) is 8. The van der Waals surface area contributed by atoms with Crippen LogP contribution in [0.3, 0.4) is 0 Å². The number of hydrogen-bond acceptors (Lipinski definition) is 4. The molecule has 21 heavy (non-hydrogen) atoms. The van der Waals surface area contributed by atoms with E-state index in [0.717, 1.165) is 77.0 Å². The van der Waals surface area contributed by atoms with Crippen molar-refractivity contribution in [2.24, 2.45) is 0 Å². The van der Waals surface area contributed by atoms with Gasteiger partial charge < -0.3 is 14.9 Å². The van der Waals surface area contributed by atoms with E-state index in [1.807, 2.05) is 0 Å². The van der Waals surface area contributed by atoms with Crippen LogP contribution in [0, 0.1) is 0 Å². The second-order valence-corrected chi connectivity index (χ2v) is 5.82. The normalized spacial score (nSPS) is 12.3. The SMILES string of the molecule is COC(=O)CCCCCCCC(O)CCCCCCCO. The zero-order chi connectivity index (χ0) is 15.8. The number of carbonyl (C=O) groups excluding carboxylic acids is 1. The Morgan fingerprint density at radius 3 is 1.86 bits per heavy atom. The minimum Gasteiger partial charge on any atom is -0.469 e. The van der Waals surface area contributed by atoms with Crippen LogP contribution in [-0.2, 0) is 9.53 Å². The molecule has 0 aromatic carbocycles. The van der Waals surface area contributed by atoms with Crippen LogP contribution in [0.4, 0.5) is 0 Å². The van der Waals surface area contributed by atoms with Crippen molar-refractivity contribution in [3.8, 4) is 0 Å². The van der Waals surface area contributed by atoms with E-state index in [0.29, 0.717) is 13.0 Å². The minimum absolute atomic E-state index is 0.121. The number of rotatable bonds is 15. The molecular formula is C17H34O4. The fourth-order valence-electron chi connectivity index (χ4n) is 2.45. The molecule has 4 nitrogen and oxygen atoms in total. The average Bonchev–Trinajstić information content (AvgIpc) is 2.49. The van der Waals surface area contributed by atoms with Crippen molar-refractivity contribution in [1.29, 1.82) is 0 Å². The molecule has 0 saturated heterocycles. The topological polar surface area (TPSA) is 66.8 Å². The summed E-state index contributed by atoms with van der Waals surface area (Å²) in [6.45, 7) is 0.294. The first-order chi connectivity index (χ1) is 10.2. The first-order valence-electron chi connectivity index (χ1n) is 8.56. The first kappa shape index (κ1) is 20.4. The molecule has 0 fully saturated rings. The Kier molecular flexibility index (Phi) is 15.3. The second-order valence-electron chi connectivity index (χ2n) is 5.82. The molecule has 2 N–H and O–H groups in total. The Morgan fingerprint density at radius 1 is 0.857 bits per heavy atom. The quantitative estimate of drug-likeness (QED) is 0.358. The zero-order valence-corrected chi connectivity index (χ0v) is 13.7. The van der Waals surface area contributed by atoms with E-state index in [1.54, 1.807) is 0 Å². The van der Waals surface area contributed by atoms with Gasteiger partial charge in [0.25, 0.3) is 0 Å². The highest BCUT2D eigenvalue weighted by Crippen LogP contribution is 2.13. The number of methoxy groups -OCH3 is 1. The van der Waals surface area contributed by atoms with Crippen molar-refractivity contribution in [1.82, 2.24) is 0 Å². The van der Waals surface area contributed by atoms with Gasteiger partial charge in [-0.05, 0) is 25.7 Å². The van der Waals surface area contributed by atoms with Gasteiger partial charge in [-0.15, -0.1) is 0 Å². The Hall–Kier alpha value is -0.610. The van der Waals surface area contributed by atoms with Crippen LogP contribution in [0.2, 0.25) is 0 Å². The summed E-state index contributed by atoms with van der Waals surface area (Å²) in [5.74, 6) is -0.121. The fraction of sp³-hybridized carbons (Fsp3) is 0.941. The monoisotopic (exact) mass is 302 g/mol. The lowest BCUT2D eigenvalue weighted by atomic mass is 10.0. The molecule has 0 aliphatic rings. The largest absolute Gasteiger partial charge is 0.469 e. The van der Waals surface area contributed by atoms with Gasteiger partial charge in [0.1, 0.15) is 0 Å². The molecular weight excluding hydrogens is 268 g/mol. The molecule has 0 aliphatic heterocycles. The third-order valence-corrected chi connectivity index (χ3v) is 3.84. The summed E-state index contributed by atoms with van der Waals surface area (Å²) in [6.07, 6.45) is 12.9. The second kappa shape index (κ2) is 15.8. The molecule has 1 atom stereocenters. The molecule has 0 bridgehead atoms. The average molecular weight is 302 g/mol. The van der Waals surface area contributed by atoms with Gasteiger partial charge in [-0.3, -0.25) is 4.79 Å².